The van der Waals surface area contributed by atoms with Crippen molar-refractivity contribution in [2.24, 2.45) is 5.10 Å². The van der Waals surface area contributed by atoms with Crippen molar-refractivity contribution in [1.29, 1.82) is 0 Å². The molecule has 0 aromatic heterocycles. The molecular weight excluding hydrogens is 432 g/mol. The Morgan fingerprint density at radius 3 is 2.57 bits per heavy atom. The topological polar surface area (TPSA) is 106 Å². The minimum Gasteiger partial charge on any atom is -0.493 e. The lowest BCUT2D eigenvalue weighted by Crippen LogP contribution is -2.24. The number of hydrazone groups is 1. The molecule has 0 fully saturated rings. The van der Waals surface area contributed by atoms with Crippen molar-refractivity contribution in [3.8, 4) is 17.2 Å². The molecule has 0 radical (unpaired) electrons. The molecule has 2 N–H and O–H groups in total. The number of aliphatic carboxylic acids is 1. The van der Waals surface area contributed by atoms with Crippen LogP contribution in [-0.2, 0) is 9.59 Å². The average Bonchev–Trinajstić information content (AvgIpc) is 2.68. The molecule has 0 saturated carbocycles. The fourth-order valence-electron chi connectivity index (χ4n) is 1.99. The molecule has 0 aliphatic rings. The summed E-state index contributed by atoms with van der Waals surface area (Å²) in [5, 5.41) is 12.8. The van der Waals surface area contributed by atoms with Gasteiger partial charge < -0.3 is 19.3 Å². The van der Waals surface area contributed by atoms with Crippen LogP contribution in [0.5, 0.6) is 17.2 Å². The van der Waals surface area contributed by atoms with Gasteiger partial charge in [-0.05, 0) is 55.0 Å². The first-order valence-corrected chi connectivity index (χ1v) is 8.96. The number of methoxy groups -OCH3 is 1. The van der Waals surface area contributed by atoms with E-state index in [0.717, 1.165) is 4.47 Å². The van der Waals surface area contributed by atoms with Gasteiger partial charge in [0, 0.05) is 4.47 Å². The monoisotopic (exact) mass is 450 g/mol. The standard InChI is InChI=1S/C19H19BrN2O6/c1-12(19(24)25)28-16-8-3-13(9-17(16)26-2)10-21-22-18(23)11-27-15-6-4-14(20)5-7-15/h3-10,12H,11H2,1-2H3,(H,22,23)(H,24,25)/b21-10-/t12-/m0/s1. The molecule has 28 heavy (non-hydrogen) atoms. The minimum atomic E-state index is -1.08. The highest BCUT2D eigenvalue weighted by atomic mass is 79.9. The van der Waals surface area contributed by atoms with Crippen molar-refractivity contribution < 1.29 is 28.9 Å². The Morgan fingerprint density at radius 1 is 1.21 bits per heavy atom. The highest BCUT2D eigenvalue weighted by Gasteiger charge is 2.15. The first-order chi connectivity index (χ1) is 13.4. The zero-order valence-electron chi connectivity index (χ0n) is 15.2. The first-order valence-electron chi connectivity index (χ1n) is 8.17. The summed E-state index contributed by atoms with van der Waals surface area (Å²) in [5.74, 6) is -0.288. The summed E-state index contributed by atoms with van der Waals surface area (Å²) in [5.41, 5.74) is 2.98. The van der Waals surface area contributed by atoms with E-state index in [1.807, 2.05) is 12.1 Å². The van der Waals surface area contributed by atoms with Crippen LogP contribution in [0.25, 0.3) is 0 Å². The van der Waals surface area contributed by atoms with Gasteiger partial charge in [-0.1, -0.05) is 15.9 Å². The van der Waals surface area contributed by atoms with Crippen LogP contribution in [0.2, 0.25) is 0 Å². The fraction of sp³-hybridized carbons (Fsp3) is 0.211. The smallest absolute Gasteiger partial charge is 0.344 e. The SMILES string of the molecule is COc1cc(/C=N\NC(=O)COc2ccc(Br)cc2)ccc1O[C@@H](C)C(=O)O. The molecule has 0 heterocycles. The molecule has 0 aliphatic carbocycles. The van der Waals surface area contributed by atoms with E-state index in [1.54, 1.807) is 30.3 Å². The van der Waals surface area contributed by atoms with E-state index >= 15 is 0 Å². The number of rotatable bonds is 9. The summed E-state index contributed by atoms with van der Waals surface area (Å²) in [6.07, 6.45) is 0.406. The van der Waals surface area contributed by atoms with Gasteiger partial charge in [-0.25, -0.2) is 10.2 Å². The van der Waals surface area contributed by atoms with Crippen LogP contribution >= 0.6 is 15.9 Å². The molecule has 2 aromatic rings. The number of carboxylic acids is 1. The molecule has 2 aromatic carbocycles. The van der Waals surface area contributed by atoms with Crippen molar-refractivity contribution in [3.05, 3.63) is 52.5 Å². The van der Waals surface area contributed by atoms with E-state index in [4.69, 9.17) is 19.3 Å². The van der Waals surface area contributed by atoms with Gasteiger partial charge in [-0.2, -0.15) is 5.10 Å². The second kappa shape index (κ2) is 10.3. The Kier molecular flexibility index (Phi) is 7.82. The van der Waals surface area contributed by atoms with Gasteiger partial charge in [0.15, 0.2) is 24.2 Å². The summed E-state index contributed by atoms with van der Waals surface area (Å²) >= 11 is 3.32. The van der Waals surface area contributed by atoms with Crippen LogP contribution in [0.3, 0.4) is 0 Å². The number of ether oxygens (including phenoxy) is 3. The summed E-state index contributed by atoms with van der Waals surface area (Å²) in [7, 11) is 1.44. The highest BCUT2D eigenvalue weighted by molar-refractivity contribution is 9.10. The number of hydrogen-bond acceptors (Lipinski definition) is 6. The van der Waals surface area contributed by atoms with E-state index < -0.39 is 18.0 Å². The molecule has 0 bridgehead atoms. The molecule has 1 amide bonds. The quantitative estimate of drug-likeness (QED) is 0.449. The van der Waals surface area contributed by atoms with Gasteiger partial charge in [-0.3, -0.25) is 4.79 Å². The normalized spacial score (nSPS) is 11.7. The van der Waals surface area contributed by atoms with Gasteiger partial charge >= 0.3 is 5.97 Å². The van der Waals surface area contributed by atoms with Crippen molar-refractivity contribution >= 4 is 34.0 Å². The predicted molar refractivity (Wildman–Crippen MR) is 106 cm³/mol. The number of nitrogens with one attached hydrogen (secondary N) is 1. The molecule has 0 spiro atoms. The molecule has 1 atom stereocenters. The molecule has 9 heteroatoms. The third-order valence-corrected chi connectivity index (χ3v) is 3.95. The highest BCUT2D eigenvalue weighted by Crippen LogP contribution is 2.28. The average molecular weight is 451 g/mol. The van der Waals surface area contributed by atoms with Gasteiger partial charge in [0.1, 0.15) is 5.75 Å². The lowest BCUT2D eigenvalue weighted by molar-refractivity contribution is -0.144. The Balaban J connectivity index is 1.89. The van der Waals surface area contributed by atoms with Gasteiger partial charge in [-0.15, -0.1) is 0 Å². The van der Waals surface area contributed by atoms with Crippen LogP contribution in [0.15, 0.2) is 52.0 Å². The molecule has 8 nitrogen and oxygen atoms in total. The number of amides is 1. The Morgan fingerprint density at radius 2 is 1.93 bits per heavy atom. The van der Waals surface area contributed by atoms with E-state index in [1.165, 1.54) is 20.2 Å². The maximum absolute atomic E-state index is 11.8. The second-order valence-electron chi connectivity index (χ2n) is 5.54. The number of carbonyl (C=O) groups excluding carboxylic acids is 1. The molecule has 148 valence electrons. The molecule has 0 aliphatic heterocycles. The van der Waals surface area contributed by atoms with Gasteiger partial charge in [0.25, 0.3) is 5.91 Å². The summed E-state index contributed by atoms with van der Waals surface area (Å²) < 4.78 is 16.8. The zero-order chi connectivity index (χ0) is 20.5. The van der Waals surface area contributed by atoms with Crippen molar-refractivity contribution in [1.82, 2.24) is 5.43 Å². The van der Waals surface area contributed by atoms with Crippen LogP contribution in [-0.4, -0.2) is 43.0 Å². The number of halogens is 1. The Labute approximate surface area is 170 Å². The van der Waals surface area contributed by atoms with Crippen molar-refractivity contribution in [2.45, 2.75) is 13.0 Å². The van der Waals surface area contributed by atoms with E-state index in [2.05, 4.69) is 26.5 Å². The van der Waals surface area contributed by atoms with E-state index in [-0.39, 0.29) is 6.61 Å². The van der Waals surface area contributed by atoms with Gasteiger partial charge in [0.05, 0.1) is 13.3 Å². The Bertz CT molecular complexity index is 854. The molecule has 0 saturated heterocycles. The fourth-order valence-corrected chi connectivity index (χ4v) is 2.26. The Hall–Kier alpha value is -3.07. The van der Waals surface area contributed by atoms with Gasteiger partial charge in [0.2, 0.25) is 0 Å². The number of nitrogens with zero attached hydrogens (tertiary/aromatic N) is 1. The van der Waals surface area contributed by atoms with E-state index in [9.17, 15) is 9.59 Å². The van der Waals surface area contributed by atoms with Crippen molar-refractivity contribution in [3.63, 3.8) is 0 Å². The maximum atomic E-state index is 11.8. The number of carboxylic acid groups (broad SMARTS) is 1. The van der Waals surface area contributed by atoms with Crippen LogP contribution < -0.4 is 19.6 Å². The van der Waals surface area contributed by atoms with Crippen LogP contribution in [0.4, 0.5) is 0 Å². The number of carbonyl (C=O) groups is 2. The minimum absolute atomic E-state index is 0.178. The van der Waals surface area contributed by atoms with Crippen LogP contribution in [0, 0.1) is 0 Å². The summed E-state index contributed by atoms with van der Waals surface area (Å²) in [4.78, 5) is 22.7. The lowest BCUT2D eigenvalue weighted by Gasteiger charge is -2.14. The summed E-state index contributed by atoms with van der Waals surface area (Å²) in [6, 6.07) is 11.9. The lowest BCUT2D eigenvalue weighted by atomic mass is 10.2. The number of hydrogen-bond donors (Lipinski definition) is 2. The molecular formula is C19H19BrN2O6. The second-order valence-corrected chi connectivity index (χ2v) is 6.46. The maximum Gasteiger partial charge on any atom is 0.344 e. The van der Waals surface area contributed by atoms with Crippen molar-refractivity contribution in [2.75, 3.05) is 13.7 Å². The molecule has 0 unspecified atom stereocenters. The third-order valence-electron chi connectivity index (χ3n) is 3.43. The van der Waals surface area contributed by atoms with Crippen LogP contribution in [0.1, 0.15) is 12.5 Å². The molecule has 2 rings (SSSR count). The largest absolute Gasteiger partial charge is 0.493 e. The predicted octanol–water partition coefficient (Wildman–Crippen LogP) is 2.84. The number of benzene rings is 2. The summed E-state index contributed by atoms with van der Waals surface area (Å²) in [6.45, 7) is 1.24. The van der Waals surface area contributed by atoms with E-state index in [0.29, 0.717) is 22.8 Å². The third kappa shape index (κ3) is 6.58. The first kappa shape index (κ1) is 21.2. The zero-order valence-corrected chi connectivity index (χ0v) is 16.8.